The highest BCUT2D eigenvalue weighted by molar-refractivity contribution is 5.84. The lowest BCUT2D eigenvalue weighted by atomic mass is 10.0. The summed E-state index contributed by atoms with van der Waals surface area (Å²) in [6.45, 7) is 3.72. The van der Waals surface area contributed by atoms with Gasteiger partial charge in [0.1, 0.15) is 6.04 Å². The molecule has 4 heteroatoms. The molecular formula is C21H31NO3. The molecule has 0 radical (unpaired) electrons. The summed E-state index contributed by atoms with van der Waals surface area (Å²) < 4.78 is 4.90. The number of ether oxygens (including phenoxy) is 1. The first-order chi connectivity index (χ1) is 12.1. The molecule has 0 bridgehead atoms. The Bertz CT molecular complexity index is 527. The van der Waals surface area contributed by atoms with Gasteiger partial charge in [-0.1, -0.05) is 55.7 Å². The molecule has 0 aliphatic carbocycles. The molecule has 138 valence electrons. The zero-order chi connectivity index (χ0) is 18.5. The van der Waals surface area contributed by atoms with E-state index in [0.29, 0.717) is 12.8 Å². The minimum Gasteiger partial charge on any atom is -0.467 e. The monoisotopic (exact) mass is 345 g/mol. The van der Waals surface area contributed by atoms with Crippen molar-refractivity contribution in [3.8, 4) is 0 Å². The van der Waals surface area contributed by atoms with Crippen LogP contribution >= 0.6 is 0 Å². The van der Waals surface area contributed by atoms with Crippen LogP contribution in [0, 0.1) is 0 Å². The molecule has 1 atom stereocenters. The Balaban J connectivity index is 2.47. The van der Waals surface area contributed by atoms with Crippen molar-refractivity contribution in [2.24, 2.45) is 0 Å². The van der Waals surface area contributed by atoms with Crippen LogP contribution in [0.5, 0.6) is 0 Å². The van der Waals surface area contributed by atoms with Crippen molar-refractivity contribution in [1.82, 2.24) is 4.90 Å². The average molecular weight is 345 g/mol. The third-order valence-corrected chi connectivity index (χ3v) is 4.40. The van der Waals surface area contributed by atoms with Gasteiger partial charge < -0.3 is 9.64 Å². The molecule has 0 saturated carbocycles. The number of hydrogen-bond acceptors (Lipinski definition) is 3. The molecule has 0 heterocycles. The topological polar surface area (TPSA) is 46.6 Å². The predicted octanol–water partition coefficient (Wildman–Crippen LogP) is 4.15. The van der Waals surface area contributed by atoms with Gasteiger partial charge in [0, 0.05) is 19.9 Å². The van der Waals surface area contributed by atoms with Gasteiger partial charge in [0.15, 0.2) is 0 Å². The predicted molar refractivity (Wildman–Crippen MR) is 101 cm³/mol. The molecule has 1 amide bonds. The van der Waals surface area contributed by atoms with Gasteiger partial charge in [-0.3, -0.25) is 4.79 Å². The SMILES string of the molecule is C=CCCCCCCCC(=O)N(C)C(Cc1ccccc1)C(=O)OC. The lowest BCUT2D eigenvalue weighted by Gasteiger charge is -2.26. The second-order valence-corrected chi connectivity index (χ2v) is 6.33. The summed E-state index contributed by atoms with van der Waals surface area (Å²) in [4.78, 5) is 26.1. The number of amides is 1. The Labute approximate surface area is 151 Å². The van der Waals surface area contributed by atoms with Gasteiger partial charge >= 0.3 is 5.97 Å². The van der Waals surface area contributed by atoms with Crippen molar-refractivity contribution >= 4 is 11.9 Å². The van der Waals surface area contributed by atoms with Gasteiger partial charge in [-0.05, 0) is 24.8 Å². The second-order valence-electron chi connectivity index (χ2n) is 6.33. The first-order valence-corrected chi connectivity index (χ1v) is 9.08. The zero-order valence-corrected chi connectivity index (χ0v) is 15.6. The second kappa shape index (κ2) is 12.3. The van der Waals surface area contributed by atoms with Crippen molar-refractivity contribution in [3.63, 3.8) is 0 Å². The van der Waals surface area contributed by atoms with Crippen molar-refractivity contribution < 1.29 is 14.3 Å². The van der Waals surface area contributed by atoms with Crippen LogP contribution in [0.1, 0.15) is 50.5 Å². The molecule has 0 N–H and O–H groups in total. The Hall–Kier alpha value is -2.10. The molecule has 4 nitrogen and oxygen atoms in total. The van der Waals surface area contributed by atoms with Gasteiger partial charge in [0.05, 0.1) is 7.11 Å². The fourth-order valence-electron chi connectivity index (χ4n) is 2.80. The summed E-state index contributed by atoms with van der Waals surface area (Å²) in [5.41, 5.74) is 1.01. The van der Waals surface area contributed by atoms with Crippen LogP contribution in [0.4, 0.5) is 0 Å². The number of hydrogen-bond donors (Lipinski definition) is 0. The summed E-state index contributed by atoms with van der Waals surface area (Å²) in [7, 11) is 3.05. The minimum absolute atomic E-state index is 0.00239. The Kier molecular flexibility index (Phi) is 10.3. The van der Waals surface area contributed by atoms with Crippen LogP contribution in [0.3, 0.4) is 0 Å². The van der Waals surface area contributed by atoms with Crippen molar-refractivity contribution in [2.75, 3.05) is 14.2 Å². The molecule has 1 rings (SSSR count). The van der Waals surface area contributed by atoms with Gasteiger partial charge in [-0.25, -0.2) is 4.79 Å². The third-order valence-electron chi connectivity index (χ3n) is 4.40. The summed E-state index contributed by atoms with van der Waals surface area (Å²) >= 11 is 0. The van der Waals surface area contributed by atoms with E-state index in [1.54, 1.807) is 7.05 Å². The number of allylic oxidation sites excluding steroid dienone is 1. The summed E-state index contributed by atoms with van der Waals surface area (Å²) in [5, 5.41) is 0. The van der Waals surface area contributed by atoms with E-state index < -0.39 is 6.04 Å². The summed E-state index contributed by atoms with van der Waals surface area (Å²) in [6.07, 6.45) is 9.31. The van der Waals surface area contributed by atoms with Crippen molar-refractivity contribution in [3.05, 3.63) is 48.6 Å². The van der Waals surface area contributed by atoms with Gasteiger partial charge in [-0.2, -0.15) is 0 Å². The summed E-state index contributed by atoms with van der Waals surface area (Å²) in [6, 6.07) is 9.12. The van der Waals surface area contributed by atoms with Gasteiger partial charge in [0.25, 0.3) is 0 Å². The van der Waals surface area contributed by atoms with E-state index in [0.717, 1.165) is 31.2 Å². The Morgan fingerprint density at radius 3 is 2.40 bits per heavy atom. The van der Waals surface area contributed by atoms with E-state index in [4.69, 9.17) is 4.74 Å². The maximum Gasteiger partial charge on any atom is 0.328 e. The number of carbonyl (C=O) groups excluding carboxylic acids is 2. The molecule has 0 fully saturated rings. The number of rotatable bonds is 12. The standard InChI is InChI=1S/C21H31NO3/c1-4-5-6-7-8-9-13-16-20(23)22(2)19(21(24)25-3)17-18-14-11-10-12-15-18/h4,10-12,14-15,19H,1,5-9,13,16-17H2,2-3H3. The Morgan fingerprint density at radius 2 is 1.76 bits per heavy atom. The number of methoxy groups -OCH3 is 1. The van der Waals surface area contributed by atoms with Crippen LogP contribution in [0.2, 0.25) is 0 Å². The van der Waals surface area contributed by atoms with E-state index >= 15 is 0 Å². The number of likely N-dealkylation sites (N-methyl/N-ethyl adjacent to an activating group) is 1. The number of nitrogens with zero attached hydrogens (tertiary/aromatic N) is 1. The van der Waals surface area contributed by atoms with Crippen LogP contribution < -0.4 is 0 Å². The molecule has 0 aliphatic rings. The van der Waals surface area contributed by atoms with Crippen molar-refractivity contribution in [2.45, 2.75) is 57.4 Å². The number of unbranched alkanes of at least 4 members (excludes halogenated alkanes) is 5. The third kappa shape index (κ3) is 8.01. The van der Waals surface area contributed by atoms with Crippen molar-refractivity contribution in [1.29, 1.82) is 0 Å². The smallest absolute Gasteiger partial charge is 0.328 e. The van der Waals surface area contributed by atoms with E-state index in [1.165, 1.54) is 24.9 Å². The minimum atomic E-state index is -0.576. The molecule has 1 unspecified atom stereocenters. The molecule has 0 spiro atoms. The maximum absolute atomic E-state index is 12.4. The van der Waals surface area contributed by atoms with Gasteiger partial charge in [-0.15, -0.1) is 6.58 Å². The van der Waals surface area contributed by atoms with E-state index in [-0.39, 0.29) is 11.9 Å². The van der Waals surface area contributed by atoms with E-state index in [9.17, 15) is 9.59 Å². The average Bonchev–Trinajstić information content (AvgIpc) is 2.64. The molecule has 1 aromatic rings. The lowest BCUT2D eigenvalue weighted by molar-refractivity contribution is -0.151. The highest BCUT2D eigenvalue weighted by Crippen LogP contribution is 2.13. The molecular weight excluding hydrogens is 314 g/mol. The molecule has 1 aromatic carbocycles. The van der Waals surface area contributed by atoms with Crippen LogP contribution in [0.25, 0.3) is 0 Å². The maximum atomic E-state index is 12.4. The normalized spacial score (nSPS) is 11.6. The molecule has 0 aromatic heterocycles. The van der Waals surface area contributed by atoms with Gasteiger partial charge in [0.2, 0.25) is 5.91 Å². The van der Waals surface area contributed by atoms with Crippen LogP contribution in [-0.2, 0) is 20.7 Å². The number of esters is 1. The Morgan fingerprint density at radius 1 is 1.12 bits per heavy atom. The highest BCUT2D eigenvalue weighted by Gasteiger charge is 2.27. The quantitative estimate of drug-likeness (QED) is 0.325. The first-order valence-electron chi connectivity index (χ1n) is 9.08. The van der Waals surface area contributed by atoms with E-state index in [2.05, 4.69) is 6.58 Å². The number of carbonyl (C=O) groups is 2. The summed E-state index contributed by atoms with van der Waals surface area (Å²) in [5.74, 6) is -0.374. The van der Waals surface area contributed by atoms with Crippen LogP contribution in [0.15, 0.2) is 43.0 Å². The fraction of sp³-hybridized carbons (Fsp3) is 0.524. The number of benzene rings is 1. The molecule has 25 heavy (non-hydrogen) atoms. The lowest BCUT2D eigenvalue weighted by Crippen LogP contribution is -2.44. The molecule has 0 aliphatic heterocycles. The highest BCUT2D eigenvalue weighted by atomic mass is 16.5. The largest absolute Gasteiger partial charge is 0.467 e. The molecule has 0 saturated heterocycles. The van der Waals surface area contributed by atoms with Crippen LogP contribution in [-0.4, -0.2) is 37.0 Å². The van der Waals surface area contributed by atoms with E-state index in [1.807, 2.05) is 36.4 Å². The fourth-order valence-corrected chi connectivity index (χ4v) is 2.80. The zero-order valence-electron chi connectivity index (χ0n) is 15.6. The first kappa shape index (κ1) is 20.9.